The van der Waals surface area contributed by atoms with Gasteiger partial charge >= 0.3 is 5.97 Å². The number of rotatable bonds is 4. The summed E-state index contributed by atoms with van der Waals surface area (Å²) in [6.45, 7) is 5.57. The van der Waals surface area contributed by atoms with E-state index in [9.17, 15) is 9.59 Å². The van der Waals surface area contributed by atoms with Gasteiger partial charge < -0.3 is 10.4 Å². The molecular weight excluding hydrogens is 274 g/mol. The van der Waals surface area contributed by atoms with E-state index in [-0.39, 0.29) is 17.2 Å². The van der Waals surface area contributed by atoms with Gasteiger partial charge in [0.15, 0.2) is 11.5 Å². The molecule has 0 spiro atoms. The average Bonchev–Trinajstić information content (AvgIpc) is 2.74. The van der Waals surface area contributed by atoms with Crippen molar-refractivity contribution in [2.24, 2.45) is 0 Å². The van der Waals surface area contributed by atoms with E-state index in [0.717, 1.165) is 0 Å². The Bertz CT molecular complexity index is 691. The fraction of sp³-hybridized carbons (Fsp3) is 0.308. The van der Waals surface area contributed by atoms with Gasteiger partial charge in [0.05, 0.1) is 11.4 Å². The molecule has 0 saturated heterocycles. The Kier molecular flexibility index (Phi) is 3.97. The summed E-state index contributed by atoms with van der Waals surface area (Å²) in [5.74, 6) is -0.990. The second-order valence-corrected chi connectivity index (χ2v) is 4.40. The lowest BCUT2D eigenvalue weighted by atomic mass is 10.2. The van der Waals surface area contributed by atoms with Crippen LogP contribution in [0.15, 0.2) is 12.1 Å². The fourth-order valence-corrected chi connectivity index (χ4v) is 1.99. The standard InChI is InChI=1S/C13H15N5O3/c1-4-14-12(19)9-5-6-10(16-15-9)18-8(3)11(13(20)21)7(2)17-18/h5-6H,4H2,1-3H3,(H,14,19)(H,20,21). The third-order valence-electron chi connectivity index (χ3n) is 2.94. The molecule has 8 heteroatoms. The van der Waals surface area contributed by atoms with Crippen LogP contribution in [-0.2, 0) is 0 Å². The first kappa shape index (κ1) is 14.6. The molecule has 0 aliphatic heterocycles. The van der Waals surface area contributed by atoms with Gasteiger partial charge in [-0.05, 0) is 32.9 Å². The normalized spacial score (nSPS) is 10.4. The molecule has 0 fully saturated rings. The minimum absolute atomic E-state index is 0.143. The molecule has 0 bridgehead atoms. The van der Waals surface area contributed by atoms with Gasteiger partial charge in [-0.15, -0.1) is 10.2 Å². The van der Waals surface area contributed by atoms with Crippen molar-refractivity contribution < 1.29 is 14.7 Å². The lowest BCUT2D eigenvalue weighted by molar-refractivity contribution is 0.0695. The highest BCUT2D eigenvalue weighted by Gasteiger charge is 2.19. The Morgan fingerprint density at radius 3 is 2.48 bits per heavy atom. The predicted molar refractivity (Wildman–Crippen MR) is 73.6 cm³/mol. The summed E-state index contributed by atoms with van der Waals surface area (Å²) in [6.07, 6.45) is 0. The lowest BCUT2D eigenvalue weighted by Gasteiger charge is -2.04. The first-order chi connectivity index (χ1) is 9.95. The van der Waals surface area contributed by atoms with Crippen LogP contribution < -0.4 is 5.32 Å². The minimum Gasteiger partial charge on any atom is -0.478 e. The first-order valence-electron chi connectivity index (χ1n) is 6.37. The maximum Gasteiger partial charge on any atom is 0.339 e. The highest BCUT2D eigenvalue weighted by atomic mass is 16.4. The summed E-state index contributed by atoms with van der Waals surface area (Å²) in [5, 5.41) is 23.7. The Hall–Kier alpha value is -2.77. The molecule has 0 aromatic carbocycles. The van der Waals surface area contributed by atoms with Crippen molar-refractivity contribution in [2.45, 2.75) is 20.8 Å². The number of nitrogens with zero attached hydrogens (tertiary/aromatic N) is 4. The molecule has 0 unspecified atom stereocenters. The molecule has 0 aliphatic rings. The van der Waals surface area contributed by atoms with Gasteiger partial charge in [-0.1, -0.05) is 0 Å². The van der Waals surface area contributed by atoms with E-state index in [4.69, 9.17) is 5.11 Å². The van der Waals surface area contributed by atoms with E-state index in [1.807, 2.05) is 6.92 Å². The molecule has 110 valence electrons. The number of aromatic nitrogens is 4. The monoisotopic (exact) mass is 289 g/mol. The fourth-order valence-electron chi connectivity index (χ4n) is 1.99. The zero-order valence-corrected chi connectivity index (χ0v) is 11.9. The molecule has 2 aromatic heterocycles. The van der Waals surface area contributed by atoms with E-state index < -0.39 is 5.97 Å². The average molecular weight is 289 g/mol. The van der Waals surface area contributed by atoms with Crippen LogP contribution in [0.4, 0.5) is 0 Å². The Morgan fingerprint density at radius 2 is 2.00 bits per heavy atom. The number of aromatic carboxylic acids is 1. The number of hydrogen-bond acceptors (Lipinski definition) is 5. The van der Waals surface area contributed by atoms with Gasteiger partial charge in [0, 0.05) is 6.54 Å². The summed E-state index contributed by atoms with van der Waals surface area (Å²) in [5.41, 5.74) is 1.19. The smallest absolute Gasteiger partial charge is 0.339 e. The Morgan fingerprint density at radius 1 is 1.29 bits per heavy atom. The van der Waals surface area contributed by atoms with Crippen molar-refractivity contribution in [3.63, 3.8) is 0 Å². The van der Waals surface area contributed by atoms with Crippen molar-refractivity contribution in [3.05, 3.63) is 34.8 Å². The molecule has 0 radical (unpaired) electrons. The predicted octanol–water partition coefficient (Wildman–Crippen LogP) is 0.727. The number of aryl methyl sites for hydroxylation is 1. The second kappa shape index (κ2) is 5.70. The van der Waals surface area contributed by atoms with Gasteiger partial charge in [0.2, 0.25) is 0 Å². The number of nitrogens with one attached hydrogen (secondary N) is 1. The second-order valence-electron chi connectivity index (χ2n) is 4.40. The van der Waals surface area contributed by atoms with E-state index in [2.05, 4.69) is 20.6 Å². The molecule has 2 rings (SSSR count). The molecule has 2 heterocycles. The zero-order valence-electron chi connectivity index (χ0n) is 11.9. The van der Waals surface area contributed by atoms with Crippen LogP contribution in [0.25, 0.3) is 5.82 Å². The highest BCUT2D eigenvalue weighted by molar-refractivity contribution is 5.92. The third-order valence-corrected chi connectivity index (χ3v) is 2.94. The largest absolute Gasteiger partial charge is 0.478 e. The molecule has 1 amide bonds. The summed E-state index contributed by atoms with van der Waals surface area (Å²) in [7, 11) is 0. The van der Waals surface area contributed by atoms with Crippen molar-refractivity contribution in [1.82, 2.24) is 25.3 Å². The van der Waals surface area contributed by atoms with Crippen LogP contribution in [0.3, 0.4) is 0 Å². The maximum absolute atomic E-state index is 11.6. The zero-order chi connectivity index (χ0) is 15.6. The number of hydrogen-bond donors (Lipinski definition) is 2. The van der Waals surface area contributed by atoms with E-state index in [1.165, 1.54) is 10.7 Å². The van der Waals surface area contributed by atoms with Crippen molar-refractivity contribution in [2.75, 3.05) is 6.54 Å². The highest BCUT2D eigenvalue weighted by Crippen LogP contribution is 2.16. The van der Waals surface area contributed by atoms with Gasteiger partial charge in [0.25, 0.3) is 5.91 Å². The Labute approximate surface area is 120 Å². The molecule has 21 heavy (non-hydrogen) atoms. The van der Waals surface area contributed by atoms with Crippen LogP contribution in [0.5, 0.6) is 0 Å². The quantitative estimate of drug-likeness (QED) is 0.858. The molecule has 2 N–H and O–H groups in total. The summed E-state index contributed by atoms with van der Waals surface area (Å²) >= 11 is 0. The maximum atomic E-state index is 11.6. The number of amides is 1. The topological polar surface area (TPSA) is 110 Å². The molecule has 8 nitrogen and oxygen atoms in total. The van der Waals surface area contributed by atoms with Gasteiger partial charge in [0.1, 0.15) is 5.56 Å². The van der Waals surface area contributed by atoms with Crippen molar-refractivity contribution in [3.8, 4) is 5.82 Å². The first-order valence-corrected chi connectivity index (χ1v) is 6.37. The van der Waals surface area contributed by atoms with E-state index in [1.54, 1.807) is 19.9 Å². The van der Waals surface area contributed by atoms with Crippen molar-refractivity contribution >= 4 is 11.9 Å². The van der Waals surface area contributed by atoms with Crippen LogP contribution in [-0.4, -0.2) is 43.5 Å². The lowest BCUT2D eigenvalue weighted by Crippen LogP contribution is -2.24. The number of carbonyl (C=O) groups is 2. The Balaban J connectivity index is 2.38. The molecular formula is C13H15N5O3. The van der Waals surface area contributed by atoms with Gasteiger partial charge in [-0.3, -0.25) is 4.79 Å². The molecule has 0 saturated carbocycles. The van der Waals surface area contributed by atoms with E-state index >= 15 is 0 Å². The third kappa shape index (κ3) is 2.73. The van der Waals surface area contributed by atoms with Gasteiger partial charge in [-0.25, -0.2) is 9.48 Å². The minimum atomic E-state index is -1.04. The van der Waals surface area contributed by atoms with Crippen LogP contribution in [0.2, 0.25) is 0 Å². The molecule has 0 aliphatic carbocycles. The van der Waals surface area contributed by atoms with Gasteiger partial charge in [-0.2, -0.15) is 5.10 Å². The number of carboxylic acid groups (broad SMARTS) is 1. The number of carbonyl (C=O) groups excluding carboxylic acids is 1. The SMILES string of the molecule is CCNC(=O)c1ccc(-n2nc(C)c(C(=O)O)c2C)nn1. The summed E-state index contributed by atoms with van der Waals surface area (Å²) in [4.78, 5) is 22.8. The molecule has 0 atom stereocenters. The summed E-state index contributed by atoms with van der Waals surface area (Å²) < 4.78 is 1.40. The van der Waals surface area contributed by atoms with E-state index in [0.29, 0.717) is 23.8 Å². The van der Waals surface area contributed by atoms with Crippen LogP contribution in [0, 0.1) is 13.8 Å². The van der Waals surface area contributed by atoms with Crippen molar-refractivity contribution in [1.29, 1.82) is 0 Å². The van der Waals surface area contributed by atoms with Crippen LogP contribution >= 0.6 is 0 Å². The number of carboxylic acids is 1. The van der Waals surface area contributed by atoms with Crippen LogP contribution in [0.1, 0.15) is 39.2 Å². The summed E-state index contributed by atoms with van der Waals surface area (Å²) in [6, 6.07) is 3.09. The molecule has 2 aromatic rings.